The van der Waals surface area contributed by atoms with Gasteiger partial charge in [-0.2, -0.15) is 0 Å². The van der Waals surface area contributed by atoms with Gasteiger partial charge in [0.25, 0.3) is 0 Å². The summed E-state index contributed by atoms with van der Waals surface area (Å²) in [5.41, 5.74) is 1.34. The quantitative estimate of drug-likeness (QED) is 0.877. The van der Waals surface area contributed by atoms with Gasteiger partial charge in [0.15, 0.2) is 11.5 Å². The van der Waals surface area contributed by atoms with Gasteiger partial charge in [-0.1, -0.05) is 29.8 Å². The van der Waals surface area contributed by atoms with Crippen molar-refractivity contribution in [1.29, 1.82) is 0 Å². The third-order valence-corrected chi connectivity index (χ3v) is 3.30. The molecule has 116 valence electrons. The number of rotatable bonds is 6. The van der Waals surface area contributed by atoms with Crippen LogP contribution >= 0.6 is 11.6 Å². The van der Waals surface area contributed by atoms with E-state index in [-0.39, 0.29) is 18.8 Å². The number of aromatic carboxylic acids is 1. The molecule has 0 saturated carbocycles. The Balaban J connectivity index is 2.21. The molecule has 0 unspecified atom stereocenters. The van der Waals surface area contributed by atoms with E-state index in [9.17, 15) is 9.90 Å². The largest absolute Gasteiger partial charge is 0.545 e. The van der Waals surface area contributed by atoms with Gasteiger partial charge < -0.3 is 24.5 Å². The normalized spacial score (nSPS) is 10.3. The fourth-order valence-electron chi connectivity index (χ4n) is 1.95. The monoisotopic (exact) mass is 321 g/mol. The topological polar surface area (TPSA) is 78.8 Å². The number of carbonyl (C=O) groups excluding carboxylic acids is 1. The van der Waals surface area contributed by atoms with Crippen molar-refractivity contribution in [2.24, 2.45) is 0 Å². The van der Waals surface area contributed by atoms with Crippen molar-refractivity contribution in [3.05, 3.63) is 58.1 Å². The molecule has 0 aliphatic heterocycles. The third-order valence-electron chi connectivity index (χ3n) is 3.02. The first-order chi connectivity index (χ1) is 10.5. The van der Waals surface area contributed by atoms with Crippen molar-refractivity contribution in [2.75, 3.05) is 7.11 Å². The molecule has 0 aromatic heterocycles. The van der Waals surface area contributed by atoms with E-state index in [2.05, 4.69) is 0 Å². The molecular weight excluding hydrogens is 308 g/mol. The van der Waals surface area contributed by atoms with Crippen molar-refractivity contribution in [3.8, 4) is 11.5 Å². The lowest BCUT2D eigenvalue weighted by molar-refractivity contribution is -0.255. The van der Waals surface area contributed by atoms with Gasteiger partial charge in [-0.3, -0.25) is 0 Å². The number of halogens is 1. The van der Waals surface area contributed by atoms with E-state index in [0.717, 1.165) is 0 Å². The molecule has 0 aliphatic rings. The molecule has 0 saturated heterocycles. The lowest BCUT2D eigenvalue weighted by Crippen LogP contribution is -2.22. The standard InChI is InChI=1S/C16H15ClO5/c1-21-14-7-11(8-18)6-13(17)15(14)22-9-10-3-2-4-12(5-10)16(19)20/h2-7,18H,8-9H2,1H3,(H,19,20)/p-1. The molecule has 5 nitrogen and oxygen atoms in total. The fraction of sp³-hybridized carbons (Fsp3) is 0.188. The van der Waals surface area contributed by atoms with Crippen molar-refractivity contribution < 1.29 is 24.5 Å². The second kappa shape index (κ2) is 7.15. The summed E-state index contributed by atoms with van der Waals surface area (Å²) < 4.78 is 10.8. The zero-order valence-corrected chi connectivity index (χ0v) is 12.6. The number of carboxylic acids is 1. The van der Waals surface area contributed by atoms with Crippen LogP contribution in [0.15, 0.2) is 36.4 Å². The Kier molecular flexibility index (Phi) is 5.25. The highest BCUT2D eigenvalue weighted by Crippen LogP contribution is 2.37. The second-order valence-electron chi connectivity index (χ2n) is 4.54. The van der Waals surface area contributed by atoms with Gasteiger partial charge in [-0.15, -0.1) is 0 Å². The third kappa shape index (κ3) is 3.69. The van der Waals surface area contributed by atoms with Gasteiger partial charge in [0, 0.05) is 0 Å². The average molecular weight is 322 g/mol. The summed E-state index contributed by atoms with van der Waals surface area (Å²) in [6.07, 6.45) is 0. The number of benzene rings is 2. The summed E-state index contributed by atoms with van der Waals surface area (Å²) in [7, 11) is 1.47. The molecule has 2 rings (SSSR count). The predicted octanol–water partition coefficient (Wildman–Crippen LogP) is 1.78. The minimum Gasteiger partial charge on any atom is -0.545 e. The van der Waals surface area contributed by atoms with Gasteiger partial charge in [0.1, 0.15) is 6.61 Å². The van der Waals surface area contributed by atoms with Crippen molar-refractivity contribution in [2.45, 2.75) is 13.2 Å². The SMILES string of the molecule is COc1cc(CO)cc(Cl)c1OCc1cccc(C(=O)[O-])c1. The highest BCUT2D eigenvalue weighted by molar-refractivity contribution is 6.32. The molecule has 0 heterocycles. The molecule has 0 amide bonds. The lowest BCUT2D eigenvalue weighted by atomic mass is 10.1. The van der Waals surface area contributed by atoms with E-state index >= 15 is 0 Å². The second-order valence-corrected chi connectivity index (χ2v) is 4.95. The summed E-state index contributed by atoms with van der Waals surface area (Å²) in [5, 5.41) is 20.3. The Labute approximate surface area is 132 Å². The lowest BCUT2D eigenvalue weighted by Gasteiger charge is -2.14. The van der Waals surface area contributed by atoms with Crippen LogP contribution in [-0.4, -0.2) is 18.2 Å². The minimum absolute atomic E-state index is 0.0785. The first-order valence-corrected chi connectivity index (χ1v) is 6.83. The molecule has 0 spiro atoms. The van der Waals surface area contributed by atoms with Gasteiger partial charge in [0.2, 0.25) is 0 Å². The first-order valence-electron chi connectivity index (χ1n) is 6.45. The molecule has 2 aromatic rings. The van der Waals surface area contributed by atoms with Crippen LogP contribution in [-0.2, 0) is 13.2 Å². The maximum Gasteiger partial charge on any atom is 0.180 e. The molecule has 6 heteroatoms. The van der Waals surface area contributed by atoms with Crippen molar-refractivity contribution >= 4 is 17.6 Å². The number of carbonyl (C=O) groups is 1. The van der Waals surface area contributed by atoms with Crippen LogP contribution in [0.25, 0.3) is 0 Å². The molecule has 22 heavy (non-hydrogen) atoms. The molecule has 0 fully saturated rings. The van der Waals surface area contributed by atoms with E-state index in [4.69, 9.17) is 26.2 Å². The zero-order chi connectivity index (χ0) is 16.1. The summed E-state index contributed by atoms with van der Waals surface area (Å²) in [6, 6.07) is 9.46. The molecule has 0 aliphatic carbocycles. The van der Waals surface area contributed by atoms with Crippen molar-refractivity contribution in [3.63, 3.8) is 0 Å². The van der Waals surface area contributed by atoms with Crippen LogP contribution < -0.4 is 14.6 Å². The summed E-state index contributed by atoms with van der Waals surface area (Å²) in [6.45, 7) is -0.0420. The van der Waals surface area contributed by atoms with Gasteiger partial charge >= 0.3 is 0 Å². The van der Waals surface area contributed by atoms with E-state index in [0.29, 0.717) is 27.6 Å². The smallest absolute Gasteiger partial charge is 0.180 e. The first kappa shape index (κ1) is 16.1. The fourth-order valence-corrected chi connectivity index (χ4v) is 2.24. The van der Waals surface area contributed by atoms with E-state index in [1.165, 1.54) is 19.2 Å². The molecule has 0 bridgehead atoms. The highest BCUT2D eigenvalue weighted by Gasteiger charge is 2.12. The van der Waals surface area contributed by atoms with E-state index in [1.807, 2.05) is 0 Å². The predicted molar refractivity (Wildman–Crippen MR) is 79.0 cm³/mol. The maximum atomic E-state index is 10.8. The van der Waals surface area contributed by atoms with Crippen LogP contribution in [0, 0.1) is 0 Å². The number of aliphatic hydroxyl groups excluding tert-OH is 1. The molecule has 0 atom stereocenters. The van der Waals surface area contributed by atoms with Crippen LogP contribution in [0.5, 0.6) is 11.5 Å². The van der Waals surface area contributed by atoms with Crippen LogP contribution in [0.4, 0.5) is 0 Å². The maximum absolute atomic E-state index is 10.8. The number of hydrogen-bond acceptors (Lipinski definition) is 5. The zero-order valence-electron chi connectivity index (χ0n) is 11.8. The van der Waals surface area contributed by atoms with Crippen LogP contribution in [0.1, 0.15) is 21.5 Å². The number of hydrogen-bond donors (Lipinski definition) is 1. The Hall–Kier alpha value is -2.24. The van der Waals surface area contributed by atoms with E-state index < -0.39 is 5.97 Å². The van der Waals surface area contributed by atoms with Crippen molar-refractivity contribution in [1.82, 2.24) is 0 Å². The average Bonchev–Trinajstić information content (AvgIpc) is 2.53. The number of carboxylic acid groups (broad SMARTS) is 1. The van der Waals surface area contributed by atoms with Crippen LogP contribution in [0.2, 0.25) is 5.02 Å². The summed E-state index contributed by atoms with van der Waals surface area (Å²) in [5.74, 6) is -0.516. The minimum atomic E-state index is -1.25. The summed E-state index contributed by atoms with van der Waals surface area (Å²) >= 11 is 6.12. The van der Waals surface area contributed by atoms with Gasteiger partial charge in [-0.25, -0.2) is 0 Å². The number of methoxy groups -OCH3 is 1. The molecular formula is C16H14ClO5-. The molecule has 1 N–H and O–H groups in total. The Bertz CT molecular complexity index is 684. The van der Waals surface area contributed by atoms with E-state index in [1.54, 1.807) is 24.3 Å². The molecule has 0 radical (unpaired) electrons. The number of ether oxygens (including phenoxy) is 2. The van der Waals surface area contributed by atoms with Gasteiger partial charge in [-0.05, 0) is 34.9 Å². The Morgan fingerprint density at radius 1 is 1.27 bits per heavy atom. The Morgan fingerprint density at radius 2 is 2.05 bits per heavy atom. The number of aliphatic hydroxyl groups is 1. The molecule has 2 aromatic carbocycles. The highest BCUT2D eigenvalue weighted by atomic mass is 35.5. The van der Waals surface area contributed by atoms with Gasteiger partial charge in [0.05, 0.1) is 24.7 Å². The Morgan fingerprint density at radius 3 is 2.68 bits per heavy atom. The summed E-state index contributed by atoms with van der Waals surface area (Å²) in [4.78, 5) is 10.8. The van der Waals surface area contributed by atoms with Crippen LogP contribution in [0.3, 0.4) is 0 Å².